The molecule has 0 saturated carbocycles. The highest BCUT2D eigenvalue weighted by Crippen LogP contribution is 2.19. The maximum Gasteiger partial charge on any atom is 0.248 e. The Labute approximate surface area is 84.2 Å². The predicted octanol–water partition coefficient (Wildman–Crippen LogP) is 0.655. The topological polar surface area (TPSA) is 63.6 Å². The molecular weight excluding hydrogens is 200 g/mol. The van der Waals surface area contributed by atoms with E-state index in [9.17, 15) is 4.79 Å². The van der Waals surface area contributed by atoms with Gasteiger partial charge in [-0.05, 0) is 17.8 Å². The summed E-state index contributed by atoms with van der Waals surface area (Å²) in [5.41, 5.74) is -0.120. The highest BCUT2D eigenvalue weighted by atomic mass is 32.2. The van der Waals surface area contributed by atoms with Crippen LogP contribution in [0.15, 0.2) is 39.5 Å². The van der Waals surface area contributed by atoms with E-state index < -0.39 is 0 Å². The van der Waals surface area contributed by atoms with Gasteiger partial charge in [0, 0.05) is 13.1 Å². The normalized spacial score (nSPS) is 10.4. The third kappa shape index (κ3) is 2.02. The number of nitrogens with zero attached hydrogens (tertiary/aromatic N) is 3. The minimum Gasteiger partial charge on any atom is -0.317 e. The Kier molecular flexibility index (Phi) is 2.36. The molecule has 0 aliphatic rings. The van der Waals surface area contributed by atoms with Gasteiger partial charge >= 0.3 is 0 Å². The minimum atomic E-state index is -0.120. The van der Waals surface area contributed by atoms with Gasteiger partial charge in [0.15, 0.2) is 0 Å². The second-order valence-electron chi connectivity index (χ2n) is 2.68. The number of hydrogen-bond donors (Lipinski definition) is 1. The lowest BCUT2D eigenvalue weighted by atomic mass is 10.5. The third-order valence-corrected chi connectivity index (χ3v) is 2.35. The van der Waals surface area contributed by atoms with Crippen molar-refractivity contribution < 1.29 is 0 Å². The molecule has 0 aromatic carbocycles. The highest BCUT2D eigenvalue weighted by molar-refractivity contribution is 7.99. The molecule has 5 nitrogen and oxygen atoms in total. The van der Waals surface area contributed by atoms with Crippen molar-refractivity contribution in [2.24, 2.45) is 7.05 Å². The lowest BCUT2D eigenvalue weighted by Crippen LogP contribution is -2.02. The predicted molar refractivity (Wildman–Crippen MR) is 52.2 cm³/mol. The van der Waals surface area contributed by atoms with Crippen molar-refractivity contribution in [1.82, 2.24) is 19.7 Å². The van der Waals surface area contributed by atoms with Gasteiger partial charge < -0.3 is 4.98 Å². The third-order valence-electron chi connectivity index (χ3n) is 1.52. The van der Waals surface area contributed by atoms with Crippen molar-refractivity contribution >= 4 is 11.8 Å². The lowest BCUT2D eigenvalue weighted by molar-refractivity contribution is 0.737. The number of aromatic amines is 1. The van der Waals surface area contributed by atoms with Gasteiger partial charge in [0.25, 0.3) is 0 Å². The fourth-order valence-corrected chi connectivity index (χ4v) is 1.72. The van der Waals surface area contributed by atoms with E-state index in [0.717, 1.165) is 5.03 Å². The Morgan fingerprint density at radius 1 is 1.50 bits per heavy atom. The quantitative estimate of drug-likeness (QED) is 0.787. The van der Waals surface area contributed by atoms with Gasteiger partial charge in [-0.3, -0.25) is 9.48 Å². The molecule has 0 aliphatic heterocycles. The molecule has 0 saturated heterocycles. The van der Waals surface area contributed by atoms with E-state index in [4.69, 9.17) is 0 Å². The van der Waals surface area contributed by atoms with Gasteiger partial charge in [0.05, 0.1) is 5.03 Å². The van der Waals surface area contributed by atoms with Crippen molar-refractivity contribution in [3.63, 3.8) is 0 Å². The molecular formula is C8H8N4OS. The average molecular weight is 208 g/mol. The van der Waals surface area contributed by atoms with Crippen molar-refractivity contribution in [1.29, 1.82) is 0 Å². The summed E-state index contributed by atoms with van der Waals surface area (Å²) in [4.78, 5) is 17.7. The Morgan fingerprint density at radius 2 is 2.36 bits per heavy atom. The van der Waals surface area contributed by atoms with E-state index in [1.165, 1.54) is 17.8 Å². The van der Waals surface area contributed by atoms with Crippen molar-refractivity contribution in [3.8, 4) is 0 Å². The molecule has 0 spiro atoms. The monoisotopic (exact) mass is 208 g/mol. The van der Waals surface area contributed by atoms with Crippen LogP contribution in [0.3, 0.4) is 0 Å². The summed E-state index contributed by atoms with van der Waals surface area (Å²) in [7, 11) is 1.80. The van der Waals surface area contributed by atoms with Gasteiger partial charge in [0.1, 0.15) is 6.33 Å². The standard InChI is InChI=1S/C8H8N4OS/c1-12-5-9-8(11-12)14-7-4-2-3-6(13)10-7/h2-5H,1H3,(H,10,13). The van der Waals surface area contributed by atoms with Crippen LogP contribution >= 0.6 is 11.8 Å². The molecule has 0 bridgehead atoms. The SMILES string of the molecule is Cn1cnc(Sc2cccc(=O)[nH]2)n1. The van der Waals surface area contributed by atoms with Gasteiger partial charge in [0.2, 0.25) is 10.7 Å². The van der Waals surface area contributed by atoms with Crippen LogP contribution < -0.4 is 5.56 Å². The molecule has 1 N–H and O–H groups in total. The maximum atomic E-state index is 11.0. The summed E-state index contributed by atoms with van der Waals surface area (Å²) in [5.74, 6) is 0. The van der Waals surface area contributed by atoms with Crippen LogP contribution in [0.5, 0.6) is 0 Å². The van der Waals surface area contributed by atoms with Gasteiger partial charge in [-0.1, -0.05) is 6.07 Å². The van der Waals surface area contributed by atoms with Crippen LogP contribution in [-0.2, 0) is 7.05 Å². The zero-order valence-corrected chi connectivity index (χ0v) is 8.28. The number of aromatic nitrogens is 4. The van der Waals surface area contributed by atoms with Gasteiger partial charge in [-0.2, -0.15) is 0 Å². The summed E-state index contributed by atoms with van der Waals surface area (Å²) >= 11 is 1.32. The molecule has 0 aliphatic carbocycles. The maximum absolute atomic E-state index is 11.0. The van der Waals surface area contributed by atoms with Crippen LogP contribution in [0.25, 0.3) is 0 Å². The summed E-state index contributed by atoms with van der Waals surface area (Å²) in [5, 5.41) is 5.44. The molecule has 0 atom stereocenters. The fourth-order valence-electron chi connectivity index (χ4n) is 0.952. The van der Waals surface area contributed by atoms with Crippen molar-refractivity contribution in [3.05, 3.63) is 34.9 Å². The number of pyridine rings is 1. The molecule has 0 fully saturated rings. The lowest BCUT2D eigenvalue weighted by Gasteiger charge is -1.94. The highest BCUT2D eigenvalue weighted by Gasteiger charge is 2.01. The van der Waals surface area contributed by atoms with E-state index >= 15 is 0 Å². The second-order valence-corrected chi connectivity index (χ2v) is 3.69. The fraction of sp³-hybridized carbons (Fsp3) is 0.125. The summed E-state index contributed by atoms with van der Waals surface area (Å²) in [6, 6.07) is 4.97. The summed E-state index contributed by atoms with van der Waals surface area (Å²) < 4.78 is 1.61. The van der Waals surface area contributed by atoms with Gasteiger partial charge in [-0.15, -0.1) is 5.10 Å². The number of H-pyrrole nitrogens is 1. The van der Waals surface area contributed by atoms with E-state index in [2.05, 4.69) is 15.1 Å². The Balaban J connectivity index is 2.23. The largest absolute Gasteiger partial charge is 0.317 e. The number of nitrogens with one attached hydrogen (secondary N) is 1. The summed E-state index contributed by atoms with van der Waals surface area (Å²) in [6.45, 7) is 0. The molecule has 0 radical (unpaired) electrons. The number of aryl methyl sites for hydroxylation is 1. The van der Waals surface area contributed by atoms with E-state index in [1.54, 1.807) is 24.1 Å². The molecule has 14 heavy (non-hydrogen) atoms. The number of rotatable bonds is 2. The average Bonchev–Trinajstić information content (AvgIpc) is 2.51. The Morgan fingerprint density at radius 3 is 3.00 bits per heavy atom. The number of hydrogen-bond acceptors (Lipinski definition) is 4. The first-order chi connectivity index (χ1) is 6.74. The minimum absolute atomic E-state index is 0.120. The zero-order chi connectivity index (χ0) is 9.97. The van der Waals surface area contributed by atoms with Crippen molar-refractivity contribution in [2.75, 3.05) is 0 Å². The molecule has 2 heterocycles. The Bertz CT molecular complexity index is 490. The van der Waals surface area contributed by atoms with Crippen LogP contribution in [-0.4, -0.2) is 19.7 Å². The van der Waals surface area contributed by atoms with Crippen molar-refractivity contribution in [2.45, 2.75) is 10.2 Å². The molecule has 2 aromatic rings. The first-order valence-corrected chi connectivity index (χ1v) is 4.78. The smallest absolute Gasteiger partial charge is 0.248 e. The van der Waals surface area contributed by atoms with E-state index in [-0.39, 0.29) is 5.56 Å². The van der Waals surface area contributed by atoms with Crippen LogP contribution in [0.1, 0.15) is 0 Å². The molecule has 0 unspecified atom stereocenters. The molecule has 2 aromatic heterocycles. The van der Waals surface area contributed by atoms with E-state index in [1.807, 2.05) is 6.07 Å². The second kappa shape index (κ2) is 3.67. The first-order valence-electron chi connectivity index (χ1n) is 3.97. The first kappa shape index (κ1) is 9.01. The zero-order valence-electron chi connectivity index (χ0n) is 7.47. The van der Waals surface area contributed by atoms with Crippen LogP contribution in [0.4, 0.5) is 0 Å². The van der Waals surface area contributed by atoms with Crippen LogP contribution in [0.2, 0.25) is 0 Å². The molecule has 72 valence electrons. The Hall–Kier alpha value is -1.56. The van der Waals surface area contributed by atoms with Gasteiger partial charge in [-0.25, -0.2) is 4.98 Å². The molecule has 6 heteroatoms. The molecule has 0 amide bonds. The summed E-state index contributed by atoms with van der Waals surface area (Å²) in [6.07, 6.45) is 1.61. The van der Waals surface area contributed by atoms with Crippen LogP contribution in [0, 0.1) is 0 Å². The molecule has 2 rings (SSSR count). The van der Waals surface area contributed by atoms with E-state index in [0.29, 0.717) is 5.16 Å².